The maximum absolute atomic E-state index is 5.63. The number of aryl methyl sites for hydroxylation is 2. The topological polar surface area (TPSA) is 46.9 Å². The van der Waals surface area contributed by atoms with E-state index < -0.39 is 0 Å². The third kappa shape index (κ3) is 4.30. The SMILES string of the molecule is C[n+]1ccn(CCCNc2ccc(N)cc2)c1.[Cl-]. The minimum Gasteiger partial charge on any atom is -1.00 e. The number of hydrogen-bond donors (Lipinski definition) is 2. The number of imidazole rings is 1. The number of nitrogen functional groups attached to an aromatic ring is 1. The Hall–Kier alpha value is -1.68. The van der Waals surface area contributed by atoms with Crippen LogP contribution in [0.1, 0.15) is 6.42 Å². The smallest absolute Gasteiger partial charge is 0.243 e. The van der Waals surface area contributed by atoms with E-state index in [1.807, 2.05) is 42.1 Å². The summed E-state index contributed by atoms with van der Waals surface area (Å²) >= 11 is 0. The quantitative estimate of drug-likeness (QED) is 0.389. The summed E-state index contributed by atoms with van der Waals surface area (Å²) in [5.74, 6) is 0. The van der Waals surface area contributed by atoms with Crippen LogP contribution < -0.4 is 28.0 Å². The Morgan fingerprint density at radius 1 is 1.28 bits per heavy atom. The van der Waals surface area contributed by atoms with Gasteiger partial charge in [-0.05, 0) is 24.3 Å². The van der Waals surface area contributed by atoms with Crippen LogP contribution >= 0.6 is 0 Å². The minimum atomic E-state index is 0. The normalized spacial score (nSPS) is 9.83. The van der Waals surface area contributed by atoms with Gasteiger partial charge >= 0.3 is 0 Å². The van der Waals surface area contributed by atoms with Gasteiger partial charge in [-0.25, -0.2) is 9.13 Å². The molecular formula is C13H19ClN4. The van der Waals surface area contributed by atoms with Crippen LogP contribution in [0.4, 0.5) is 11.4 Å². The first-order valence-electron chi connectivity index (χ1n) is 5.84. The molecule has 3 N–H and O–H groups in total. The van der Waals surface area contributed by atoms with Gasteiger partial charge in [0.05, 0.1) is 13.6 Å². The molecule has 2 aromatic rings. The molecule has 0 atom stereocenters. The summed E-state index contributed by atoms with van der Waals surface area (Å²) < 4.78 is 4.23. The zero-order valence-corrected chi connectivity index (χ0v) is 11.3. The predicted octanol–water partition coefficient (Wildman–Crippen LogP) is -1.60. The van der Waals surface area contributed by atoms with E-state index in [0.717, 1.165) is 30.9 Å². The van der Waals surface area contributed by atoms with E-state index in [2.05, 4.69) is 22.4 Å². The van der Waals surface area contributed by atoms with Gasteiger partial charge in [0.1, 0.15) is 12.4 Å². The molecular weight excluding hydrogens is 248 g/mol. The molecule has 0 saturated heterocycles. The van der Waals surface area contributed by atoms with E-state index in [1.165, 1.54) is 0 Å². The highest BCUT2D eigenvalue weighted by Crippen LogP contribution is 2.10. The number of anilines is 2. The summed E-state index contributed by atoms with van der Waals surface area (Å²) in [6, 6.07) is 7.83. The second-order valence-electron chi connectivity index (χ2n) is 4.22. The van der Waals surface area contributed by atoms with Crippen LogP contribution in [0.3, 0.4) is 0 Å². The third-order valence-electron chi connectivity index (χ3n) is 2.66. The van der Waals surface area contributed by atoms with Crippen LogP contribution in [0.5, 0.6) is 0 Å². The molecule has 0 amide bonds. The van der Waals surface area contributed by atoms with Gasteiger partial charge in [-0.1, -0.05) is 0 Å². The second kappa shape index (κ2) is 6.91. The Labute approximate surface area is 114 Å². The lowest BCUT2D eigenvalue weighted by molar-refractivity contribution is -0.671. The third-order valence-corrected chi connectivity index (χ3v) is 2.66. The second-order valence-corrected chi connectivity index (χ2v) is 4.22. The fourth-order valence-electron chi connectivity index (χ4n) is 1.73. The van der Waals surface area contributed by atoms with Gasteiger partial charge in [0.15, 0.2) is 0 Å². The maximum atomic E-state index is 5.63. The predicted molar refractivity (Wildman–Crippen MR) is 69.6 cm³/mol. The van der Waals surface area contributed by atoms with Crippen molar-refractivity contribution in [1.82, 2.24) is 4.57 Å². The molecule has 0 unspecified atom stereocenters. The highest BCUT2D eigenvalue weighted by Gasteiger charge is 1.99. The average Bonchev–Trinajstić information content (AvgIpc) is 2.73. The van der Waals surface area contributed by atoms with Crippen LogP contribution in [0.2, 0.25) is 0 Å². The average molecular weight is 267 g/mol. The highest BCUT2D eigenvalue weighted by atomic mass is 35.5. The Bertz CT molecular complexity index is 464. The number of benzene rings is 1. The van der Waals surface area contributed by atoms with Crippen molar-refractivity contribution in [3.8, 4) is 0 Å². The highest BCUT2D eigenvalue weighted by molar-refractivity contribution is 5.50. The lowest BCUT2D eigenvalue weighted by atomic mass is 10.3. The molecule has 0 fully saturated rings. The van der Waals surface area contributed by atoms with Crippen LogP contribution in [0.15, 0.2) is 43.0 Å². The summed E-state index contributed by atoms with van der Waals surface area (Å²) in [6.07, 6.45) is 7.32. The summed E-state index contributed by atoms with van der Waals surface area (Å²) in [5, 5.41) is 3.37. The van der Waals surface area contributed by atoms with Gasteiger partial charge in [0, 0.05) is 24.3 Å². The van der Waals surface area contributed by atoms with E-state index in [-0.39, 0.29) is 12.4 Å². The standard InChI is InChI=1S/C13H19N4.ClH/c1-16-9-10-17(11-16)8-2-7-15-13-5-3-12(14)4-6-13;/h3-6,9-11,15H,2,7-8,14H2,1H3;1H/q+1;/p-1. The largest absolute Gasteiger partial charge is 1.00 e. The number of nitrogens with zero attached hydrogens (tertiary/aromatic N) is 2. The summed E-state index contributed by atoms with van der Waals surface area (Å²) in [4.78, 5) is 0. The molecule has 0 aliphatic heterocycles. The van der Waals surface area contributed by atoms with Crippen LogP contribution in [-0.4, -0.2) is 11.1 Å². The van der Waals surface area contributed by atoms with E-state index in [1.54, 1.807) is 0 Å². The number of aromatic nitrogens is 2. The number of nitrogens with one attached hydrogen (secondary N) is 1. The van der Waals surface area contributed by atoms with Gasteiger partial charge < -0.3 is 23.5 Å². The van der Waals surface area contributed by atoms with Crippen molar-refractivity contribution in [2.75, 3.05) is 17.6 Å². The van der Waals surface area contributed by atoms with Crippen molar-refractivity contribution in [3.05, 3.63) is 43.0 Å². The molecule has 0 radical (unpaired) electrons. The fraction of sp³-hybridized carbons (Fsp3) is 0.308. The van der Waals surface area contributed by atoms with Gasteiger partial charge in [-0.3, -0.25) is 0 Å². The molecule has 0 saturated carbocycles. The Kier molecular flexibility index (Phi) is 5.52. The van der Waals surface area contributed by atoms with Crippen molar-refractivity contribution in [3.63, 3.8) is 0 Å². The zero-order valence-electron chi connectivity index (χ0n) is 10.5. The molecule has 2 rings (SSSR count). The summed E-state index contributed by atoms with van der Waals surface area (Å²) in [7, 11) is 2.03. The van der Waals surface area contributed by atoms with Crippen LogP contribution in [0, 0.1) is 0 Å². The van der Waals surface area contributed by atoms with Crippen molar-refractivity contribution >= 4 is 11.4 Å². The molecule has 1 aromatic heterocycles. The van der Waals surface area contributed by atoms with Gasteiger partial charge in [0.2, 0.25) is 6.33 Å². The molecule has 18 heavy (non-hydrogen) atoms. The number of nitrogens with two attached hydrogens (primary N) is 1. The van der Waals surface area contributed by atoms with Crippen LogP contribution in [-0.2, 0) is 13.6 Å². The van der Waals surface area contributed by atoms with Gasteiger partial charge in [-0.2, -0.15) is 0 Å². The van der Waals surface area contributed by atoms with E-state index >= 15 is 0 Å². The first-order valence-corrected chi connectivity index (χ1v) is 5.84. The Morgan fingerprint density at radius 2 is 2.00 bits per heavy atom. The molecule has 0 spiro atoms. The molecule has 5 heteroatoms. The monoisotopic (exact) mass is 266 g/mol. The first kappa shape index (κ1) is 14.4. The number of rotatable bonds is 5. The number of halogens is 1. The minimum absolute atomic E-state index is 0. The number of hydrogen-bond acceptors (Lipinski definition) is 2. The van der Waals surface area contributed by atoms with Crippen molar-refractivity contribution in [1.29, 1.82) is 0 Å². The molecule has 0 aliphatic rings. The van der Waals surface area contributed by atoms with E-state index in [0.29, 0.717) is 0 Å². The van der Waals surface area contributed by atoms with Crippen molar-refractivity contribution < 1.29 is 17.0 Å². The molecule has 4 nitrogen and oxygen atoms in total. The molecule has 98 valence electrons. The molecule has 1 aromatic carbocycles. The Balaban J connectivity index is 0.00000162. The van der Waals surface area contributed by atoms with E-state index in [9.17, 15) is 0 Å². The first-order chi connectivity index (χ1) is 8.24. The fourth-order valence-corrected chi connectivity index (χ4v) is 1.73. The van der Waals surface area contributed by atoms with E-state index in [4.69, 9.17) is 5.73 Å². The molecule has 1 heterocycles. The van der Waals surface area contributed by atoms with Gasteiger partial charge in [0.25, 0.3) is 0 Å². The van der Waals surface area contributed by atoms with Gasteiger partial charge in [-0.15, -0.1) is 0 Å². The zero-order chi connectivity index (χ0) is 12.1. The van der Waals surface area contributed by atoms with Crippen molar-refractivity contribution in [2.24, 2.45) is 7.05 Å². The summed E-state index contributed by atoms with van der Waals surface area (Å²) in [5.41, 5.74) is 7.55. The summed E-state index contributed by atoms with van der Waals surface area (Å²) in [6.45, 7) is 1.99. The Morgan fingerprint density at radius 3 is 2.61 bits per heavy atom. The lowest BCUT2D eigenvalue weighted by Crippen LogP contribution is -3.00. The molecule has 0 bridgehead atoms. The lowest BCUT2D eigenvalue weighted by Gasteiger charge is -2.05. The maximum Gasteiger partial charge on any atom is 0.243 e. The van der Waals surface area contributed by atoms with Crippen molar-refractivity contribution in [2.45, 2.75) is 13.0 Å². The van der Waals surface area contributed by atoms with Crippen LogP contribution in [0.25, 0.3) is 0 Å². The molecule has 0 aliphatic carbocycles.